The Morgan fingerprint density at radius 1 is 1.17 bits per heavy atom. The average molecular weight is 522 g/mol. The Hall–Kier alpha value is -3.82. The summed E-state index contributed by atoms with van der Waals surface area (Å²) in [6, 6.07) is 18.6. The third-order valence-electron chi connectivity index (χ3n) is 4.84. The van der Waals surface area contributed by atoms with Crippen LogP contribution in [0.3, 0.4) is 0 Å². The summed E-state index contributed by atoms with van der Waals surface area (Å²) in [5.74, 6) is 1.96. The summed E-state index contributed by atoms with van der Waals surface area (Å²) in [5.41, 5.74) is 5.06. The molecule has 0 aliphatic rings. The van der Waals surface area contributed by atoms with E-state index in [4.69, 9.17) is 20.8 Å². The summed E-state index contributed by atoms with van der Waals surface area (Å²) in [4.78, 5) is 12.4. The quantitative estimate of drug-likeness (QED) is 0.159. The number of halogens is 1. The molecular formula is C26H24ClN5O3S. The van der Waals surface area contributed by atoms with Gasteiger partial charge >= 0.3 is 0 Å². The number of furan rings is 1. The van der Waals surface area contributed by atoms with Gasteiger partial charge in [0.1, 0.15) is 11.5 Å². The van der Waals surface area contributed by atoms with E-state index in [1.54, 1.807) is 30.7 Å². The highest BCUT2D eigenvalue weighted by Gasteiger charge is 2.17. The van der Waals surface area contributed by atoms with Crippen LogP contribution in [0.4, 0.5) is 0 Å². The van der Waals surface area contributed by atoms with Crippen molar-refractivity contribution in [3.8, 4) is 22.8 Å². The van der Waals surface area contributed by atoms with Crippen molar-refractivity contribution in [3.05, 3.63) is 83.3 Å². The summed E-state index contributed by atoms with van der Waals surface area (Å²) < 4.78 is 12.7. The van der Waals surface area contributed by atoms with E-state index >= 15 is 0 Å². The van der Waals surface area contributed by atoms with E-state index in [1.807, 2.05) is 67.0 Å². The van der Waals surface area contributed by atoms with Crippen LogP contribution in [0.5, 0.6) is 5.75 Å². The Morgan fingerprint density at radius 2 is 1.94 bits per heavy atom. The molecule has 0 radical (unpaired) electrons. The average Bonchev–Trinajstić information content (AvgIpc) is 3.54. The number of allylic oxidation sites excluding steroid dienone is 1. The summed E-state index contributed by atoms with van der Waals surface area (Å²) in [7, 11) is 0. The molecule has 2 aromatic heterocycles. The first-order chi connectivity index (χ1) is 17.5. The zero-order chi connectivity index (χ0) is 25.3. The van der Waals surface area contributed by atoms with Gasteiger partial charge in [-0.05, 0) is 86.2 Å². The number of thioether (sulfide) groups is 1. The molecule has 0 aliphatic heterocycles. The first-order valence-electron chi connectivity index (χ1n) is 11.1. The lowest BCUT2D eigenvalue weighted by atomic mass is 10.2. The normalized spacial score (nSPS) is 11.7. The van der Waals surface area contributed by atoms with Crippen molar-refractivity contribution in [2.45, 2.75) is 19.0 Å². The minimum absolute atomic E-state index is 0.105. The lowest BCUT2D eigenvalue weighted by Crippen LogP contribution is -2.20. The van der Waals surface area contributed by atoms with Gasteiger partial charge in [0.25, 0.3) is 5.91 Å². The number of benzene rings is 2. The third kappa shape index (κ3) is 6.65. The Bertz CT molecular complexity index is 1350. The Balaban J connectivity index is 1.49. The second-order valence-corrected chi connectivity index (χ2v) is 8.94. The lowest BCUT2D eigenvalue weighted by molar-refractivity contribution is -0.118. The summed E-state index contributed by atoms with van der Waals surface area (Å²) in [6.45, 7) is 4.39. The highest BCUT2D eigenvalue weighted by atomic mass is 35.5. The molecule has 4 aromatic rings. The van der Waals surface area contributed by atoms with E-state index < -0.39 is 0 Å². The minimum atomic E-state index is -0.267. The van der Waals surface area contributed by atoms with Gasteiger partial charge in [-0.15, -0.1) is 10.2 Å². The van der Waals surface area contributed by atoms with Crippen LogP contribution in [0.25, 0.3) is 23.2 Å². The molecular weight excluding hydrogens is 498 g/mol. The van der Waals surface area contributed by atoms with E-state index in [2.05, 4.69) is 20.7 Å². The van der Waals surface area contributed by atoms with Crippen molar-refractivity contribution >= 4 is 41.6 Å². The second-order valence-electron chi connectivity index (χ2n) is 7.56. The largest absolute Gasteiger partial charge is 0.494 e. The number of hydrazone groups is 1. The van der Waals surface area contributed by atoms with Crippen molar-refractivity contribution < 1.29 is 13.9 Å². The zero-order valence-corrected chi connectivity index (χ0v) is 21.3. The Kier molecular flexibility index (Phi) is 8.59. The van der Waals surface area contributed by atoms with Gasteiger partial charge in [0.05, 0.1) is 24.8 Å². The van der Waals surface area contributed by atoms with Crippen LogP contribution in [-0.2, 0) is 4.79 Å². The number of nitrogens with zero attached hydrogens (tertiary/aromatic N) is 4. The van der Waals surface area contributed by atoms with Gasteiger partial charge in [-0.25, -0.2) is 5.43 Å². The van der Waals surface area contributed by atoms with E-state index in [0.29, 0.717) is 28.4 Å². The number of carbonyl (C=O) groups is 1. The molecule has 8 nitrogen and oxygen atoms in total. The van der Waals surface area contributed by atoms with Gasteiger partial charge < -0.3 is 9.15 Å². The molecule has 1 amide bonds. The highest BCUT2D eigenvalue weighted by Crippen LogP contribution is 2.29. The molecule has 4 rings (SSSR count). The maximum Gasteiger partial charge on any atom is 0.250 e. The number of carbonyl (C=O) groups excluding carboxylic acids is 1. The number of nitrogens with one attached hydrogen (secondary N) is 1. The lowest BCUT2D eigenvalue weighted by Gasteiger charge is -2.11. The van der Waals surface area contributed by atoms with Crippen molar-refractivity contribution in [3.63, 3.8) is 0 Å². The molecule has 10 heteroatoms. The van der Waals surface area contributed by atoms with E-state index in [1.165, 1.54) is 11.8 Å². The summed E-state index contributed by atoms with van der Waals surface area (Å²) in [5, 5.41) is 14.0. The first-order valence-corrected chi connectivity index (χ1v) is 12.5. The Labute approximate surface area is 218 Å². The van der Waals surface area contributed by atoms with E-state index in [0.717, 1.165) is 22.6 Å². The molecule has 0 spiro atoms. The van der Waals surface area contributed by atoms with Crippen LogP contribution in [0.1, 0.15) is 19.6 Å². The molecule has 0 bridgehead atoms. The van der Waals surface area contributed by atoms with Gasteiger partial charge in [-0.1, -0.05) is 23.4 Å². The fraction of sp³-hybridized carbons (Fsp3) is 0.154. The van der Waals surface area contributed by atoms with Gasteiger partial charge in [0.2, 0.25) is 0 Å². The number of hydrogen-bond acceptors (Lipinski definition) is 7. The van der Waals surface area contributed by atoms with Crippen LogP contribution in [0, 0.1) is 0 Å². The highest BCUT2D eigenvalue weighted by molar-refractivity contribution is 7.99. The number of hydrogen-bond donors (Lipinski definition) is 1. The predicted molar refractivity (Wildman–Crippen MR) is 143 cm³/mol. The maximum atomic E-state index is 12.4. The monoisotopic (exact) mass is 521 g/mol. The topological polar surface area (TPSA) is 94.5 Å². The van der Waals surface area contributed by atoms with Crippen molar-refractivity contribution in [1.82, 2.24) is 20.2 Å². The fourth-order valence-electron chi connectivity index (χ4n) is 3.24. The molecule has 0 fully saturated rings. The van der Waals surface area contributed by atoms with Crippen LogP contribution >= 0.6 is 23.4 Å². The number of aromatic nitrogens is 3. The van der Waals surface area contributed by atoms with Gasteiger partial charge in [0.15, 0.2) is 11.0 Å². The molecule has 1 N–H and O–H groups in total. The van der Waals surface area contributed by atoms with Crippen molar-refractivity contribution in [1.29, 1.82) is 0 Å². The third-order valence-corrected chi connectivity index (χ3v) is 6.03. The molecule has 0 unspecified atom stereocenters. The van der Waals surface area contributed by atoms with Crippen molar-refractivity contribution in [2.75, 3.05) is 12.4 Å². The maximum absolute atomic E-state index is 12.4. The molecule has 0 atom stereocenters. The predicted octanol–water partition coefficient (Wildman–Crippen LogP) is 5.88. The van der Waals surface area contributed by atoms with Gasteiger partial charge in [0, 0.05) is 16.3 Å². The zero-order valence-electron chi connectivity index (χ0n) is 19.7. The number of ether oxygens (including phenoxy) is 1. The Morgan fingerprint density at radius 3 is 2.64 bits per heavy atom. The van der Waals surface area contributed by atoms with Gasteiger partial charge in [-0.2, -0.15) is 5.10 Å². The fourth-order valence-corrected chi connectivity index (χ4v) is 4.11. The number of amides is 1. The minimum Gasteiger partial charge on any atom is -0.494 e. The van der Waals surface area contributed by atoms with Crippen LogP contribution in [0.2, 0.25) is 5.02 Å². The van der Waals surface area contributed by atoms with Gasteiger partial charge in [-0.3, -0.25) is 9.36 Å². The van der Waals surface area contributed by atoms with E-state index in [9.17, 15) is 4.79 Å². The smallest absolute Gasteiger partial charge is 0.250 e. The van der Waals surface area contributed by atoms with Crippen LogP contribution < -0.4 is 10.2 Å². The summed E-state index contributed by atoms with van der Waals surface area (Å²) in [6.07, 6.45) is 4.98. The van der Waals surface area contributed by atoms with Crippen LogP contribution in [-0.4, -0.2) is 39.2 Å². The molecule has 2 heterocycles. The van der Waals surface area contributed by atoms with E-state index in [-0.39, 0.29) is 11.7 Å². The SMILES string of the molecule is CCOc1ccc(-n2c(SCC(=O)N/N=C/C(C)=C/c3ccco3)nnc2-c2ccc(Cl)cc2)cc1. The summed E-state index contributed by atoms with van der Waals surface area (Å²) >= 11 is 7.33. The molecule has 0 saturated carbocycles. The molecule has 0 aliphatic carbocycles. The second kappa shape index (κ2) is 12.2. The van der Waals surface area contributed by atoms with Crippen molar-refractivity contribution in [2.24, 2.45) is 5.10 Å². The molecule has 0 saturated heterocycles. The molecule has 184 valence electrons. The molecule has 36 heavy (non-hydrogen) atoms. The first kappa shape index (κ1) is 25.3. The molecule has 2 aromatic carbocycles. The standard InChI is InChI=1S/C26H24ClN5O3S/c1-3-34-22-12-10-21(11-13-22)32-25(19-6-8-20(27)9-7-19)30-31-26(32)36-17-24(33)29-28-16-18(2)15-23-5-4-14-35-23/h4-16H,3,17H2,1-2H3,(H,29,33)/b18-15+,28-16+. The number of rotatable bonds is 10. The van der Waals surface area contributed by atoms with Crippen LogP contribution in [0.15, 0.2) is 87.2 Å².